The minimum atomic E-state index is -2.50. The summed E-state index contributed by atoms with van der Waals surface area (Å²) in [5, 5.41) is 7.55. The van der Waals surface area contributed by atoms with Gasteiger partial charge < -0.3 is 26.1 Å². The summed E-state index contributed by atoms with van der Waals surface area (Å²) in [6.45, 7) is 0. The summed E-state index contributed by atoms with van der Waals surface area (Å²) >= 11 is 4.08. The van der Waals surface area contributed by atoms with Crippen LogP contribution in [-0.4, -0.2) is 6.26 Å². The Hall–Kier alpha value is -3.88. The van der Waals surface area contributed by atoms with Gasteiger partial charge in [-0.15, -0.1) is 24.1 Å². The summed E-state index contributed by atoms with van der Waals surface area (Å²) in [5.41, 5.74) is 23.0. The second kappa shape index (κ2) is 30.7. The van der Waals surface area contributed by atoms with Gasteiger partial charge in [0, 0.05) is 50.1 Å². The summed E-state index contributed by atoms with van der Waals surface area (Å²) in [6.07, 6.45) is 1.58. The van der Waals surface area contributed by atoms with E-state index >= 15 is 0 Å². The molecule has 0 heterocycles. The SMILES string of the molecule is C[S-].[Fe].[Fe].[N]=O.[N]=O.[N]=O.[N]=O.[S-2].c1ccc(P(=N[P+](c2ccccc2)(c2ccccc2)c2ccccc2)(c2ccccc2)c2ccccc2)cc1. The van der Waals surface area contributed by atoms with Gasteiger partial charge in [-0.05, 0) is 36.4 Å². The normalized spacial score (nSPS) is 9.12. The Kier molecular flexibility index (Phi) is 31.0. The molecule has 0 unspecified atom stereocenters. The van der Waals surface area contributed by atoms with Gasteiger partial charge in [-0.3, -0.25) is 0 Å². The molecule has 0 atom stereocenters. The van der Waals surface area contributed by atoms with Gasteiger partial charge in [-0.2, -0.15) is 6.26 Å². The minimum absolute atomic E-state index is 0. The van der Waals surface area contributed by atoms with Gasteiger partial charge in [-0.1, -0.05) is 146 Å². The first-order valence-corrected chi connectivity index (χ1v) is 18.6. The first-order valence-electron chi connectivity index (χ1n) is 14.3. The van der Waals surface area contributed by atoms with Crippen LogP contribution in [0.15, 0.2) is 187 Å². The molecule has 52 heavy (non-hydrogen) atoms. The van der Waals surface area contributed by atoms with Crippen LogP contribution in [0.3, 0.4) is 0 Å². The first kappa shape index (κ1) is 52.5. The number of nitroso groups, excluding NO2 is 4. The van der Waals surface area contributed by atoms with Crippen molar-refractivity contribution >= 4 is 72.4 Å². The molecule has 0 spiro atoms. The molecule has 0 amide bonds. The average Bonchev–Trinajstić information content (AvgIpc) is 3.24. The Bertz CT molecular complexity index is 1590. The summed E-state index contributed by atoms with van der Waals surface area (Å²) in [4.78, 5) is 29.0. The van der Waals surface area contributed by atoms with E-state index in [4.69, 9.17) is 46.5 Å². The van der Waals surface area contributed by atoms with Crippen LogP contribution in [0.5, 0.6) is 0 Å². The van der Waals surface area contributed by atoms with Gasteiger partial charge in [0.25, 0.3) is 0 Å². The maximum atomic E-state index is 7.25. The third-order valence-corrected chi connectivity index (χ3v) is 15.5. The van der Waals surface area contributed by atoms with Crippen molar-refractivity contribution in [1.29, 1.82) is 0 Å². The van der Waals surface area contributed by atoms with E-state index in [9.17, 15) is 0 Å². The molecule has 270 valence electrons. The van der Waals surface area contributed by atoms with Gasteiger partial charge in [-0.25, -0.2) is 0 Å². The van der Waals surface area contributed by atoms with Gasteiger partial charge in [0.1, 0.15) is 45.3 Å². The summed E-state index contributed by atoms with van der Waals surface area (Å²) in [7, 11) is -4.99. The van der Waals surface area contributed by atoms with Crippen molar-refractivity contribution in [2.45, 2.75) is 0 Å². The van der Waals surface area contributed by atoms with E-state index < -0.39 is 14.5 Å². The number of hydrogen-bond donors (Lipinski definition) is 0. The van der Waals surface area contributed by atoms with Crippen LogP contribution in [0.25, 0.3) is 0 Å². The molecule has 0 N–H and O–H groups in total. The zero-order chi connectivity index (χ0) is 36.4. The van der Waals surface area contributed by atoms with Crippen LogP contribution in [-0.2, 0) is 60.3 Å². The zero-order valence-electron chi connectivity index (χ0n) is 27.6. The molecule has 4 radical (unpaired) electrons. The largest absolute Gasteiger partial charge is 2.00 e. The maximum Gasteiger partial charge on any atom is 0.228 e. The molecule has 9 nitrogen and oxygen atoms in total. The number of hydrogen-bond acceptors (Lipinski definition) is 6. The molecule has 6 rings (SSSR count). The molecule has 0 saturated heterocycles. The van der Waals surface area contributed by atoms with E-state index in [0.717, 1.165) is 0 Å². The van der Waals surface area contributed by atoms with Gasteiger partial charge in [0.15, 0.2) is 0 Å². The Morgan fingerprint density at radius 2 is 0.558 bits per heavy atom. The second-order valence-corrected chi connectivity index (χ2v) is 15.7. The molecule has 0 aliphatic carbocycles. The molecule has 6 aromatic carbocycles. The molecular weight excluding hydrogens is 816 g/mol. The topological polar surface area (TPSA) is 170 Å². The maximum absolute atomic E-state index is 7.25. The third kappa shape index (κ3) is 12.7. The molecule has 0 fully saturated rings. The molecule has 6 aromatic rings. The van der Waals surface area contributed by atoms with Crippen molar-refractivity contribution in [2.75, 3.05) is 6.26 Å². The van der Waals surface area contributed by atoms with Crippen LogP contribution >= 0.6 is 14.5 Å². The summed E-state index contributed by atoms with van der Waals surface area (Å²) < 4.78 is 6.38. The molecule has 15 heteroatoms. The average molecular weight is 849 g/mol. The Labute approximate surface area is 339 Å². The molecule has 0 aliphatic rings. The smallest absolute Gasteiger partial charge is 0.228 e. The monoisotopic (exact) mass is 849 g/mol. The van der Waals surface area contributed by atoms with Gasteiger partial charge >= 0.3 is 0 Å². The zero-order valence-corrected chi connectivity index (χ0v) is 33.2. The predicted molar refractivity (Wildman–Crippen MR) is 215 cm³/mol. The quantitative estimate of drug-likeness (QED) is 0.118. The fourth-order valence-corrected chi connectivity index (χ4v) is 14.8. The van der Waals surface area contributed by atoms with Crippen molar-refractivity contribution in [3.8, 4) is 0 Å². The Morgan fingerprint density at radius 1 is 0.385 bits per heavy atom. The molecule has 0 saturated carbocycles. The van der Waals surface area contributed by atoms with E-state index in [1.807, 2.05) is 0 Å². The number of rotatable bonds is 7. The fourth-order valence-electron chi connectivity index (χ4n) is 5.27. The van der Waals surface area contributed by atoms with Crippen LogP contribution in [0, 0.1) is 19.6 Å². The van der Waals surface area contributed by atoms with Gasteiger partial charge in [0.2, 0.25) is 7.41 Å². The van der Waals surface area contributed by atoms with Crippen LogP contribution in [0.2, 0.25) is 0 Å². The van der Waals surface area contributed by atoms with E-state index in [-0.39, 0.29) is 47.6 Å². The summed E-state index contributed by atoms with van der Waals surface area (Å²) in [5.74, 6) is 0. The van der Waals surface area contributed by atoms with E-state index in [2.05, 4.69) is 195 Å². The Morgan fingerprint density at radius 3 is 0.750 bits per heavy atom. The Balaban J connectivity index is -0.00000171. The second-order valence-electron chi connectivity index (χ2n) is 9.37. The van der Waals surface area contributed by atoms with Crippen LogP contribution in [0.4, 0.5) is 0 Å². The summed E-state index contributed by atoms with van der Waals surface area (Å²) in [6, 6.07) is 65.7. The van der Waals surface area contributed by atoms with E-state index in [0.29, 0.717) is 0 Å². The van der Waals surface area contributed by atoms with Crippen molar-refractivity contribution in [3.05, 3.63) is 202 Å². The van der Waals surface area contributed by atoms with E-state index in [1.165, 1.54) is 31.8 Å². The predicted octanol–water partition coefficient (Wildman–Crippen LogP) is 5.44. The van der Waals surface area contributed by atoms with Gasteiger partial charge in [0.05, 0.1) is 0 Å². The standard InChI is InChI=1S/C36H30NP2.CH4S.2Fe.4NO.S/c1-7-19-31(20-8-1)38(32-21-9-2-10-22-32,33-23-11-3-12-24-33)37-39(34-25-13-4-14-26-34,35-27-15-5-16-28-35)36-29-17-6-18-30-36;1-2;;;4*1-2;/h1-30H;2H,1H3;;;;;;;/q+1;;;;;;;;-2/p-1. The van der Waals surface area contributed by atoms with Crippen molar-refractivity contribution < 1.29 is 34.1 Å². The minimum Gasteiger partial charge on any atom is -2.00 e. The van der Waals surface area contributed by atoms with Crippen molar-refractivity contribution in [2.24, 2.45) is 4.52 Å². The fraction of sp³-hybridized carbons (Fsp3) is 0.0270. The van der Waals surface area contributed by atoms with Crippen molar-refractivity contribution in [3.63, 3.8) is 0 Å². The first-order chi connectivity index (χ1) is 24.3. The number of benzene rings is 6. The molecular formula is C37H33Fe2N5O4P2S2-2. The number of nitrogens with zero attached hydrogens (tertiary/aromatic N) is 5. The van der Waals surface area contributed by atoms with Crippen molar-refractivity contribution in [1.82, 2.24) is 22.4 Å². The van der Waals surface area contributed by atoms with E-state index in [1.54, 1.807) is 6.26 Å². The molecule has 0 aromatic heterocycles. The third-order valence-electron chi connectivity index (χ3n) is 7.05. The molecule has 0 bridgehead atoms. The molecule has 0 aliphatic heterocycles. The van der Waals surface area contributed by atoms with Crippen LogP contribution < -0.4 is 54.2 Å². The van der Waals surface area contributed by atoms with Crippen LogP contribution in [0.1, 0.15) is 0 Å².